The van der Waals surface area contributed by atoms with E-state index in [1.165, 1.54) is 6.42 Å². The van der Waals surface area contributed by atoms with Gasteiger partial charge in [0.1, 0.15) is 0 Å². The maximum atomic E-state index is 12.1. The van der Waals surface area contributed by atoms with Gasteiger partial charge in [0.2, 0.25) is 5.91 Å². The van der Waals surface area contributed by atoms with Crippen molar-refractivity contribution in [1.29, 1.82) is 0 Å². The van der Waals surface area contributed by atoms with E-state index in [9.17, 15) is 9.90 Å². The number of hydrogen-bond donors (Lipinski definition) is 3. The smallest absolute Gasteiger partial charge is 0.240 e. The van der Waals surface area contributed by atoms with Crippen molar-refractivity contribution >= 4 is 5.91 Å². The SMILES string of the molecule is NC1(C(=O)NCC2CCCC(O)C2)CCCCC1. The average Bonchev–Trinajstić information content (AvgIpc) is 2.37. The Morgan fingerprint density at radius 1 is 1.22 bits per heavy atom. The number of aliphatic hydroxyl groups is 1. The number of carbonyl (C=O) groups is 1. The molecule has 0 aromatic rings. The molecule has 0 aromatic heterocycles. The molecular formula is C14H26N2O2. The minimum Gasteiger partial charge on any atom is -0.393 e. The van der Waals surface area contributed by atoms with Crippen LogP contribution in [0.1, 0.15) is 57.8 Å². The zero-order valence-corrected chi connectivity index (χ0v) is 11.2. The molecule has 4 N–H and O–H groups in total. The van der Waals surface area contributed by atoms with Crippen LogP contribution in [0.3, 0.4) is 0 Å². The molecular weight excluding hydrogens is 228 g/mol. The number of nitrogens with one attached hydrogen (secondary N) is 1. The van der Waals surface area contributed by atoms with Crippen LogP contribution in [0.15, 0.2) is 0 Å². The second-order valence-electron chi connectivity index (χ2n) is 6.11. The van der Waals surface area contributed by atoms with Crippen LogP contribution in [-0.4, -0.2) is 29.2 Å². The molecule has 4 nitrogen and oxygen atoms in total. The van der Waals surface area contributed by atoms with Gasteiger partial charge in [0, 0.05) is 6.54 Å². The van der Waals surface area contributed by atoms with Gasteiger partial charge in [-0.15, -0.1) is 0 Å². The summed E-state index contributed by atoms with van der Waals surface area (Å²) in [6.07, 6.45) is 8.66. The first kappa shape index (κ1) is 13.8. The molecule has 2 rings (SSSR count). The minimum atomic E-state index is -0.633. The molecule has 0 radical (unpaired) electrons. The first-order valence-corrected chi connectivity index (χ1v) is 7.35. The number of amides is 1. The third-order valence-electron chi connectivity index (χ3n) is 4.50. The molecule has 2 aliphatic carbocycles. The maximum absolute atomic E-state index is 12.1. The van der Waals surface area contributed by atoms with Crippen molar-refractivity contribution in [2.45, 2.75) is 69.4 Å². The predicted molar refractivity (Wildman–Crippen MR) is 71.0 cm³/mol. The molecule has 2 aliphatic rings. The quantitative estimate of drug-likeness (QED) is 0.711. The van der Waals surface area contributed by atoms with E-state index >= 15 is 0 Å². The van der Waals surface area contributed by atoms with Crippen LogP contribution in [0.4, 0.5) is 0 Å². The Hall–Kier alpha value is -0.610. The lowest BCUT2D eigenvalue weighted by molar-refractivity contribution is -0.127. The van der Waals surface area contributed by atoms with Gasteiger partial charge in [-0.2, -0.15) is 0 Å². The van der Waals surface area contributed by atoms with Crippen molar-refractivity contribution in [3.63, 3.8) is 0 Å². The van der Waals surface area contributed by atoms with E-state index in [1.807, 2.05) is 0 Å². The Bertz CT molecular complexity index is 288. The predicted octanol–water partition coefficient (Wildman–Crippen LogP) is 1.32. The van der Waals surface area contributed by atoms with Gasteiger partial charge in [0.25, 0.3) is 0 Å². The van der Waals surface area contributed by atoms with E-state index in [4.69, 9.17) is 5.73 Å². The summed E-state index contributed by atoms with van der Waals surface area (Å²) < 4.78 is 0. The van der Waals surface area contributed by atoms with Crippen molar-refractivity contribution in [2.75, 3.05) is 6.54 Å². The molecule has 1 amide bonds. The van der Waals surface area contributed by atoms with E-state index in [0.29, 0.717) is 12.5 Å². The lowest BCUT2D eigenvalue weighted by Crippen LogP contribution is -2.55. The Balaban J connectivity index is 1.76. The molecule has 4 heteroatoms. The van der Waals surface area contributed by atoms with Gasteiger partial charge in [-0.3, -0.25) is 4.79 Å². The molecule has 18 heavy (non-hydrogen) atoms. The Morgan fingerprint density at radius 2 is 1.94 bits per heavy atom. The second kappa shape index (κ2) is 6.02. The molecule has 0 saturated heterocycles. The highest BCUT2D eigenvalue weighted by atomic mass is 16.3. The monoisotopic (exact) mass is 254 g/mol. The van der Waals surface area contributed by atoms with Crippen molar-refractivity contribution in [3.05, 3.63) is 0 Å². The third-order valence-corrected chi connectivity index (χ3v) is 4.50. The first-order valence-electron chi connectivity index (χ1n) is 7.35. The van der Waals surface area contributed by atoms with Gasteiger partial charge in [-0.25, -0.2) is 0 Å². The number of aliphatic hydroxyl groups excluding tert-OH is 1. The summed E-state index contributed by atoms with van der Waals surface area (Å²) in [5, 5.41) is 12.6. The molecule has 2 fully saturated rings. The summed E-state index contributed by atoms with van der Waals surface area (Å²) in [5.74, 6) is 0.437. The fourth-order valence-electron chi connectivity index (χ4n) is 3.27. The zero-order chi connectivity index (χ0) is 13.0. The molecule has 104 valence electrons. The molecule has 0 aromatic carbocycles. The standard InChI is InChI=1S/C14H26N2O2/c15-14(7-2-1-3-8-14)13(18)16-10-11-5-4-6-12(17)9-11/h11-12,17H,1-10,15H2,(H,16,18). The van der Waals surface area contributed by atoms with Crippen LogP contribution in [0.2, 0.25) is 0 Å². The number of rotatable bonds is 3. The molecule has 0 heterocycles. The topological polar surface area (TPSA) is 75.4 Å². The van der Waals surface area contributed by atoms with Gasteiger partial charge in [0.05, 0.1) is 11.6 Å². The average molecular weight is 254 g/mol. The van der Waals surface area contributed by atoms with Crippen LogP contribution in [0, 0.1) is 5.92 Å². The van der Waals surface area contributed by atoms with Gasteiger partial charge >= 0.3 is 0 Å². The normalized spacial score (nSPS) is 31.9. The van der Waals surface area contributed by atoms with Crippen LogP contribution >= 0.6 is 0 Å². The Morgan fingerprint density at radius 3 is 2.61 bits per heavy atom. The molecule has 0 aliphatic heterocycles. The summed E-state index contributed by atoms with van der Waals surface area (Å²) >= 11 is 0. The third kappa shape index (κ3) is 3.45. The van der Waals surface area contributed by atoms with E-state index in [2.05, 4.69) is 5.32 Å². The highest BCUT2D eigenvalue weighted by Crippen LogP contribution is 2.27. The Labute approximate surface area is 109 Å². The van der Waals surface area contributed by atoms with Gasteiger partial charge in [0.15, 0.2) is 0 Å². The van der Waals surface area contributed by atoms with E-state index in [-0.39, 0.29) is 12.0 Å². The molecule has 0 spiro atoms. The number of nitrogens with two attached hydrogens (primary N) is 1. The van der Waals surface area contributed by atoms with Crippen LogP contribution < -0.4 is 11.1 Å². The van der Waals surface area contributed by atoms with E-state index in [1.54, 1.807) is 0 Å². The summed E-state index contributed by atoms with van der Waals surface area (Å²) in [6, 6.07) is 0. The minimum absolute atomic E-state index is 0.0160. The van der Waals surface area contributed by atoms with Crippen molar-refractivity contribution in [1.82, 2.24) is 5.32 Å². The summed E-state index contributed by atoms with van der Waals surface area (Å²) in [4.78, 5) is 12.1. The highest BCUT2D eigenvalue weighted by molar-refractivity contribution is 5.86. The van der Waals surface area contributed by atoms with Crippen LogP contribution in [0.25, 0.3) is 0 Å². The summed E-state index contributed by atoms with van der Waals surface area (Å²) in [5.41, 5.74) is 5.55. The fraction of sp³-hybridized carbons (Fsp3) is 0.929. The maximum Gasteiger partial charge on any atom is 0.240 e. The zero-order valence-electron chi connectivity index (χ0n) is 11.2. The van der Waals surface area contributed by atoms with Crippen LogP contribution in [-0.2, 0) is 4.79 Å². The molecule has 2 atom stereocenters. The number of hydrogen-bond acceptors (Lipinski definition) is 3. The van der Waals surface area contributed by atoms with Crippen molar-refractivity contribution < 1.29 is 9.90 Å². The first-order chi connectivity index (χ1) is 8.60. The summed E-state index contributed by atoms with van der Waals surface area (Å²) in [6.45, 7) is 0.675. The van der Waals surface area contributed by atoms with Gasteiger partial charge in [-0.1, -0.05) is 25.7 Å². The Kier molecular flexibility index (Phi) is 4.62. The second-order valence-corrected chi connectivity index (χ2v) is 6.11. The molecule has 0 bridgehead atoms. The van der Waals surface area contributed by atoms with Crippen molar-refractivity contribution in [3.8, 4) is 0 Å². The molecule has 2 unspecified atom stereocenters. The summed E-state index contributed by atoms with van der Waals surface area (Å²) in [7, 11) is 0. The van der Waals surface area contributed by atoms with E-state index in [0.717, 1.165) is 51.4 Å². The van der Waals surface area contributed by atoms with E-state index < -0.39 is 5.54 Å². The lowest BCUT2D eigenvalue weighted by atomic mass is 9.81. The van der Waals surface area contributed by atoms with Crippen molar-refractivity contribution in [2.24, 2.45) is 11.7 Å². The van der Waals surface area contributed by atoms with Gasteiger partial charge < -0.3 is 16.2 Å². The molecule has 2 saturated carbocycles. The fourth-order valence-corrected chi connectivity index (χ4v) is 3.27. The largest absolute Gasteiger partial charge is 0.393 e. The van der Waals surface area contributed by atoms with Gasteiger partial charge in [-0.05, 0) is 38.0 Å². The number of carbonyl (C=O) groups excluding carboxylic acids is 1. The van der Waals surface area contributed by atoms with Crippen LogP contribution in [0.5, 0.6) is 0 Å². The lowest BCUT2D eigenvalue weighted by Gasteiger charge is -2.33. The highest BCUT2D eigenvalue weighted by Gasteiger charge is 2.35.